The maximum Gasteiger partial charge on any atom is 0.290 e. The molecule has 8 heteroatoms. The lowest BCUT2D eigenvalue weighted by atomic mass is 10.3. The van der Waals surface area contributed by atoms with Crippen LogP contribution < -0.4 is 0 Å². The van der Waals surface area contributed by atoms with Crippen molar-refractivity contribution in [2.24, 2.45) is 7.05 Å². The topological polar surface area (TPSA) is 77.1 Å². The first kappa shape index (κ1) is 20.7. The Balaban J connectivity index is 2.10. The van der Waals surface area contributed by atoms with E-state index in [1.54, 1.807) is 31.3 Å². The number of furan rings is 1. The van der Waals surface area contributed by atoms with E-state index in [-0.39, 0.29) is 24.1 Å². The first-order valence-electron chi connectivity index (χ1n) is 8.75. The number of ether oxygens (including phenoxy) is 2. The van der Waals surface area contributed by atoms with Crippen molar-refractivity contribution in [1.29, 1.82) is 0 Å². The van der Waals surface area contributed by atoms with E-state index in [4.69, 9.17) is 13.9 Å². The van der Waals surface area contributed by atoms with Gasteiger partial charge in [-0.25, -0.2) is 0 Å². The molecule has 2 aromatic heterocycles. The smallest absolute Gasteiger partial charge is 0.290 e. The molecule has 0 bridgehead atoms. The van der Waals surface area contributed by atoms with Crippen molar-refractivity contribution in [3.8, 4) is 0 Å². The average molecular weight is 377 g/mol. The molecule has 2 heterocycles. The highest BCUT2D eigenvalue weighted by molar-refractivity contribution is 5.94. The third kappa shape index (κ3) is 5.97. The largest absolute Gasteiger partial charge is 0.459 e. The molecule has 0 saturated heterocycles. The lowest BCUT2D eigenvalue weighted by molar-refractivity contribution is -0.133. The number of aryl methyl sites for hydroxylation is 1. The zero-order chi connectivity index (χ0) is 19.6. The Bertz CT molecular complexity index is 711. The van der Waals surface area contributed by atoms with Gasteiger partial charge in [0.15, 0.2) is 5.76 Å². The zero-order valence-corrected chi connectivity index (χ0v) is 16.1. The van der Waals surface area contributed by atoms with Gasteiger partial charge in [-0.15, -0.1) is 0 Å². The molecule has 148 valence electrons. The van der Waals surface area contributed by atoms with E-state index in [1.165, 1.54) is 11.2 Å². The molecule has 2 aromatic rings. The monoisotopic (exact) mass is 377 g/mol. The van der Waals surface area contributed by atoms with Gasteiger partial charge in [0, 0.05) is 46.2 Å². The van der Waals surface area contributed by atoms with Gasteiger partial charge < -0.3 is 28.3 Å². The van der Waals surface area contributed by atoms with Crippen molar-refractivity contribution in [2.75, 3.05) is 47.1 Å². The number of hydrogen-bond donors (Lipinski definition) is 0. The highest BCUT2D eigenvalue weighted by atomic mass is 16.5. The summed E-state index contributed by atoms with van der Waals surface area (Å²) in [5.74, 6) is -0.301. The maximum atomic E-state index is 12.9. The van der Waals surface area contributed by atoms with E-state index >= 15 is 0 Å². The second-order valence-corrected chi connectivity index (χ2v) is 6.12. The van der Waals surface area contributed by atoms with Crippen molar-refractivity contribution in [2.45, 2.75) is 6.54 Å². The zero-order valence-electron chi connectivity index (χ0n) is 16.1. The molecule has 0 unspecified atom stereocenters. The molecule has 27 heavy (non-hydrogen) atoms. The van der Waals surface area contributed by atoms with E-state index in [1.807, 2.05) is 29.9 Å². The van der Waals surface area contributed by atoms with Crippen LogP contribution in [0.5, 0.6) is 0 Å². The molecule has 2 rings (SSSR count). The average Bonchev–Trinajstić information content (AvgIpc) is 3.33. The number of aromatic nitrogens is 1. The van der Waals surface area contributed by atoms with Gasteiger partial charge in [-0.1, -0.05) is 0 Å². The van der Waals surface area contributed by atoms with Gasteiger partial charge in [0.1, 0.15) is 6.54 Å². The summed E-state index contributed by atoms with van der Waals surface area (Å²) in [6, 6.07) is 7.12. The molecule has 8 nitrogen and oxygen atoms in total. The van der Waals surface area contributed by atoms with Gasteiger partial charge in [-0.2, -0.15) is 0 Å². The molecule has 0 aliphatic rings. The molecule has 0 atom stereocenters. The second-order valence-electron chi connectivity index (χ2n) is 6.12. The van der Waals surface area contributed by atoms with Crippen molar-refractivity contribution < 1.29 is 23.5 Å². The van der Waals surface area contributed by atoms with E-state index in [0.29, 0.717) is 32.8 Å². The van der Waals surface area contributed by atoms with Gasteiger partial charge in [0.05, 0.1) is 26.0 Å². The fourth-order valence-corrected chi connectivity index (χ4v) is 2.62. The standard InChI is InChI=1S/C19H27N3O5/c1-20-8-4-6-16(20)14-21(9-12-25-2)18(23)15-22(10-13-26-3)19(24)17-7-5-11-27-17/h4-8,11H,9-10,12-15H2,1-3H3. The summed E-state index contributed by atoms with van der Waals surface area (Å²) in [6.07, 6.45) is 3.36. The van der Waals surface area contributed by atoms with Crippen LogP contribution in [-0.4, -0.2) is 73.2 Å². The van der Waals surface area contributed by atoms with Crippen LogP contribution in [0.3, 0.4) is 0 Å². The second kappa shape index (κ2) is 10.5. The van der Waals surface area contributed by atoms with Gasteiger partial charge in [0.2, 0.25) is 5.91 Å². The van der Waals surface area contributed by atoms with Gasteiger partial charge in [-0.3, -0.25) is 9.59 Å². The van der Waals surface area contributed by atoms with Crippen LogP contribution in [0.25, 0.3) is 0 Å². The molecule has 0 radical (unpaired) electrons. The van der Waals surface area contributed by atoms with Crippen molar-refractivity contribution in [1.82, 2.24) is 14.4 Å². The summed E-state index contributed by atoms with van der Waals surface area (Å²) in [5.41, 5.74) is 1.00. The van der Waals surface area contributed by atoms with Crippen LogP contribution in [0, 0.1) is 0 Å². The molecule has 0 spiro atoms. The van der Waals surface area contributed by atoms with Crippen molar-refractivity contribution >= 4 is 11.8 Å². The number of hydrogen-bond acceptors (Lipinski definition) is 5. The van der Waals surface area contributed by atoms with E-state index in [0.717, 1.165) is 5.69 Å². The van der Waals surface area contributed by atoms with E-state index < -0.39 is 0 Å². The lowest BCUT2D eigenvalue weighted by Gasteiger charge is -2.27. The Morgan fingerprint density at radius 2 is 1.78 bits per heavy atom. The number of amides is 2. The minimum atomic E-state index is -0.337. The summed E-state index contributed by atoms with van der Waals surface area (Å²) < 4.78 is 17.4. The minimum Gasteiger partial charge on any atom is -0.459 e. The molecule has 0 N–H and O–H groups in total. The summed E-state index contributed by atoms with van der Waals surface area (Å²) >= 11 is 0. The highest BCUT2D eigenvalue weighted by Crippen LogP contribution is 2.09. The third-order valence-corrected chi connectivity index (χ3v) is 4.23. The number of methoxy groups -OCH3 is 2. The number of carbonyl (C=O) groups excluding carboxylic acids is 2. The summed E-state index contributed by atoms with van der Waals surface area (Å²) in [7, 11) is 5.08. The number of carbonyl (C=O) groups is 2. The Kier molecular flexibility index (Phi) is 8.09. The third-order valence-electron chi connectivity index (χ3n) is 4.23. The molecule has 2 amide bonds. The van der Waals surface area contributed by atoms with Gasteiger partial charge >= 0.3 is 0 Å². The molecule has 0 aliphatic carbocycles. The quantitative estimate of drug-likeness (QED) is 0.591. The predicted molar refractivity (Wildman–Crippen MR) is 99.2 cm³/mol. The SMILES string of the molecule is COCCN(Cc1cccn1C)C(=O)CN(CCOC)C(=O)c1ccco1. The number of rotatable bonds is 11. The maximum absolute atomic E-state index is 12.9. The first-order chi connectivity index (χ1) is 13.1. The summed E-state index contributed by atoms with van der Waals surface area (Å²) in [6.45, 7) is 1.86. The first-order valence-corrected chi connectivity index (χ1v) is 8.75. The van der Waals surface area contributed by atoms with Crippen LogP contribution in [0.1, 0.15) is 16.2 Å². The van der Waals surface area contributed by atoms with Crippen molar-refractivity contribution in [3.05, 3.63) is 48.2 Å². The van der Waals surface area contributed by atoms with Crippen LogP contribution in [0.2, 0.25) is 0 Å². The summed E-state index contributed by atoms with van der Waals surface area (Å²) in [4.78, 5) is 28.7. The Morgan fingerprint density at radius 1 is 1.07 bits per heavy atom. The fraction of sp³-hybridized carbons (Fsp3) is 0.474. The van der Waals surface area contributed by atoms with Crippen LogP contribution >= 0.6 is 0 Å². The van der Waals surface area contributed by atoms with Gasteiger partial charge in [-0.05, 0) is 24.3 Å². The van der Waals surface area contributed by atoms with Crippen LogP contribution in [0.15, 0.2) is 41.1 Å². The normalized spacial score (nSPS) is 10.8. The lowest BCUT2D eigenvalue weighted by Crippen LogP contribution is -2.45. The van der Waals surface area contributed by atoms with Crippen molar-refractivity contribution in [3.63, 3.8) is 0 Å². The minimum absolute atomic E-state index is 0.0585. The summed E-state index contributed by atoms with van der Waals surface area (Å²) in [5, 5.41) is 0. The fourth-order valence-electron chi connectivity index (χ4n) is 2.62. The Labute approximate surface area is 159 Å². The van der Waals surface area contributed by atoms with Gasteiger partial charge in [0.25, 0.3) is 5.91 Å². The molecular weight excluding hydrogens is 350 g/mol. The van der Waals surface area contributed by atoms with Crippen LogP contribution in [-0.2, 0) is 27.9 Å². The molecule has 0 saturated carbocycles. The molecule has 0 fully saturated rings. The highest BCUT2D eigenvalue weighted by Gasteiger charge is 2.24. The molecule has 0 aromatic carbocycles. The number of nitrogens with zero attached hydrogens (tertiary/aromatic N) is 3. The Morgan fingerprint density at radius 3 is 2.33 bits per heavy atom. The molecular formula is C19H27N3O5. The Hall–Kier alpha value is -2.58. The predicted octanol–water partition coefficient (Wildman–Crippen LogP) is 1.38. The van der Waals surface area contributed by atoms with Crippen LogP contribution in [0.4, 0.5) is 0 Å². The van der Waals surface area contributed by atoms with E-state index in [2.05, 4.69) is 0 Å². The van der Waals surface area contributed by atoms with E-state index in [9.17, 15) is 9.59 Å². The molecule has 0 aliphatic heterocycles.